The highest BCUT2D eigenvalue weighted by atomic mass is 16.2. The molecule has 1 spiro atoms. The highest BCUT2D eigenvalue weighted by molar-refractivity contribution is 6.10. The highest BCUT2D eigenvalue weighted by Gasteiger charge is 2.55. The normalized spacial score (nSPS) is 26.0. The molecule has 1 aliphatic carbocycles. The second-order valence-corrected chi connectivity index (χ2v) is 8.56. The first-order chi connectivity index (χ1) is 14.8. The Hall–Kier alpha value is -3.23. The maximum Gasteiger partial charge on any atom is 0.325 e. The Morgan fingerprint density at radius 3 is 2.39 bits per heavy atom. The molecule has 3 aliphatic rings. The number of amides is 6. The molecule has 9 nitrogen and oxygen atoms in total. The van der Waals surface area contributed by atoms with Crippen LogP contribution >= 0.6 is 0 Å². The average Bonchev–Trinajstić information content (AvgIpc) is 3.17. The number of carbonyl (C=O) groups excluding carboxylic acids is 5. The topological polar surface area (TPSA) is 116 Å². The van der Waals surface area contributed by atoms with Crippen molar-refractivity contribution in [3.05, 3.63) is 29.8 Å². The third kappa shape index (κ3) is 3.92. The van der Waals surface area contributed by atoms with Crippen molar-refractivity contribution < 1.29 is 24.0 Å². The van der Waals surface area contributed by atoms with Crippen LogP contribution in [-0.2, 0) is 25.7 Å². The molecule has 0 aromatic heterocycles. The Bertz CT molecular complexity index is 928. The number of hydrogen-bond acceptors (Lipinski definition) is 5. The van der Waals surface area contributed by atoms with Gasteiger partial charge in [-0.05, 0) is 36.5 Å². The van der Waals surface area contributed by atoms with Gasteiger partial charge in [-0.2, -0.15) is 0 Å². The molecule has 2 unspecified atom stereocenters. The summed E-state index contributed by atoms with van der Waals surface area (Å²) in [5, 5.41) is 5.53. The third-order valence-corrected chi connectivity index (χ3v) is 6.54. The first kappa shape index (κ1) is 21.0. The van der Waals surface area contributed by atoms with Crippen molar-refractivity contribution >= 4 is 35.3 Å². The zero-order valence-corrected chi connectivity index (χ0v) is 17.5. The van der Waals surface area contributed by atoms with E-state index in [4.69, 9.17) is 0 Å². The van der Waals surface area contributed by atoms with E-state index in [0.717, 1.165) is 29.7 Å². The minimum atomic E-state index is -0.887. The number of rotatable bonds is 5. The largest absolute Gasteiger partial charge is 0.325 e. The summed E-state index contributed by atoms with van der Waals surface area (Å²) in [5.74, 6) is -1.12. The lowest BCUT2D eigenvalue weighted by atomic mass is 9.73. The van der Waals surface area contributed by atoms with Crippen LogP contribution in [0.5, 0.6) is 0 Å². The fourth-order valence-corrected chi connectivity index (χ4v) is 4.66. The van der Waals surface area contributed by atoms with Crippen molar-refractivity contribution in [2.24, 2.45) is 5.92 Å². The molecule has 3 fully saturated rings. The fourth-order valence-electron chi connectivity index (χ4n) is 4.66. The van der Waals surface area contributed by atoms with Crippen LogP contribution in [0.15, 0.2) is 24.3 Å². The molecule has 31 heavy (non-hydrogen) atoms. The molecule has 1 saturated carbocycles. The van der Waals surface area contributed by atoms with Gasteiger partial charge in [-0.1, -0.05) is 31.9 Å². The Kier molecular flexibility index (Phi) is 5.51. The number of carbonyl (C=O) groups is 5. The van der Waals surface area contributed by atoms with E-state index in [1.54, 1.807) is 24.3 Å². The molecule has 2 N–H and O–H groups in total. The van der Waals surface area contributed by atoms with Gasteiger partial charge in [0.2, 0.25) is 17.7 Å². The Morgan fingerprint density at radius 2 is 1.74 bits per heavy atom. The average molecular weight is 426 g/mol. The Labute approximate surface area is 180 Å². The molecule has 9 heteroatoms. The van der Waals surface area contributed by atoms with Crippen molar-refractivity contribution in [1.82, 2.24) is 15.1 Å². The summed E-state index contributed by atoms with van der Waals surface area (Å²) in [4.78, 5) is 63.5. The quantitative estimate of drug-likeness (QED) is 0.550. The maximum absolute atomic E-state index is 13.0. The van der Waals surface area contributed by atoms with Crippen LogP contribution in [0.2, 0.25) is 0 Å². The van der Waals surface area contributed by atoms with Crippen LogP contribution in [0.1, 0.15) is 51.0 Å². The molecule has 2 atom stereocenters. The van der Waals surface area contributed by atoms with Crippen LogP contribution in [0, 0.1) is 5.92 Å². The smallest absolute Gasteiger partial charge is 0.325 e. The summed E-state index contributed by atoms with van der Waals surface area (Å²) >= 11 is 0. The lowest BCUT2D eigenvalue weighted by Crippen LogP contribution is -2.54. The first-order valence-electron chi connectivity index (χ1n) is 10.7. The van der Waals surface area contributed by atoms with E-state index in [2.05, 4.69) is 10.6 Å². The van der Waals surface area contributed by atoms with E-state index in [1.165, 1.54) is 4.90 Å². The second-order valence-electron chi connectivity index (χ2n) is 8.56. The van der Waals surface area contributed by atoms with Crippen molar-refractivity contribution in [3.63, 3.8) is 0 Å². The molecule has 2 heterocycles. The van der Waals surface area contributed by atoms with Gasteiger partial charge in [0.1, 0.15) is 12.1 Å². The van der Waals surface area contributed by atoms with Gasteiger partial charge in [-0.15, -0.1) is 0 Å². The number of benzene rings is 1. The van der Waals surface area contributed by atoms with Crippen LogP contribution < -0.4 is 10.6 Å². The lowest BCUT2D eigenvalue weighted by molar-refractivity contribution is -0.139. The number of nitrogens with zero attached hydrogens (tertiary/aromatic N) is 2. The van der Waals surface area contributed by atoms with E-state index in [0.29, 0.717) is 12.1 Å². The maximum atomic E-state index is 13.0. The SMILES string of the molecule is CC1CCCCC12NC(=O)N(CC(=O)Nc1ccc(CN3C(=O)CCC3=O)cc1)C2=O. The van der Waals surface area contributed by atoms with Gasteiger partial charge in [0.25, 0.3) is 5.91 Å². The van der Waals surface area contributed by atoms with Gasteiger partial charge < -0.3 is 10.6 Å². The summed E-state index contributed by atoms with van der Waals surface area (Å²) in [7, 11) is 0. The number of likely N-dealkylation sites (tertiary alicyclic amines) is 1. The van der Waals surface area contributed by atoms with E-state index in [9.17, 15) is 24.0 Å². The zero-order valence-electron chi connectivity index (χ0n) is 17.5. The van der Waals surface area contributed by atoms with Gasteiger partial charge in [0.05, 0.1) is 6.54 Å². The molecular weight excluding hydrogens is 400 g/mol. The monoisotopic (exact) mass is 426 g/mol. The summed E-state index contributed by atoms with van der Waals surface area (Å²) in [6, 6.07) is 6.25. The molecule has 164 valence electrons. The van der Waals surface area contributed by atoms with Crippen LogP contribution in [0.3, 0.4) is 0 Å². The van der Waals surface area contributed by atoms with Gasteiger partial charge in [0.15, 0.2) is 0 Å². The van der Waals surface area contributed by atoms with Gasteiger partial charge in [-0.3, -0.25) is 29.0 Å². The number of hydrogen-bond donors (Lipinski definition) is 2. The fraction of sp³-hybridized carbons (Fsp3) is 0.500. The van der Waals surface area contributed by atoms with Gasteiger partial charge in [-0.25, -0.2) is 4.79 Å². The molecule has 1 aromatic carbocycles. The third-order valence-electron chi connectivity index (χ3n) is 6.54. The molecule has 0 radical (unpaired) electrons. The van der Waals surface area contributed by atoms with Crippen molar-refractivity contribution in [2.45, 2.75) is 57.5 Å². The second kappa shape index (κ2) is 8.13. The minimum absolute atomic E-state index is 0.0349. The van der Waals surface area contributed by atoms with E-state index in [-0.39, 0.29) is 49.6 Å². The number of nitrogens with one attached hydrogen (secondary N) is 2. The minimum Gasteiger partial charge on any atom is -0.325 e. The van der Waals surface area contributed by atoms with E-state index < -0.39 is 17.5 Å². The molecule has 0 bridgehead atoms. The summed E-state index contributed by atoms with van der Waals surface area (Å²) in [5.41, 5.74) is 0.381. The van der Waals surface area contributed by atoms with Crippen molar-refractivity contribution in [2.75, 3.05) is 11.9 Å². The molecule has 1 aromatic rings. The zero-order chi connectivity index (χ0) is 22.2. The number of imide groups is 2. The van der Waals surface area contributed by atoms with Crippen LogP contribution in [-0.4, -0.2) is 51.5 Å². The molecule has 2 aliphatic heterocycles. The molecule has 2 saturated heterocycles. The molecule has 4 rings (SSSR count). The Balaban J connectivity index is 1.35. The number of urea groups is 1. The van der Waals surface area contributed by atoms with Crippen LogP contribution in [0.25, 0.3) is 0 Å². The van der Waals surface area contributed by atoms with Crippen molar-refractivity contribution in [1.29, 1.82) is 0 Å². The van der Waals surface area contributed by atoms with Gasteiger partial charge >= 0.3 is 6.03 Å². The molecule has 6 amide bonds. The standard InChI is InChI=1S/C22H26N4O5/c1-14-4-2-3-11-22(14)20(30)26(21(31)24-22)13-17(27)23-16-7-5-15(6-8-16)12-25-18(28)9-10-19(25)29/h5-8,14H,2-4,9-13H2,1H3,(H,23,27)(H,24,31). The van der Waals surface area contributed by atoms with Crippen LogP contribution in [0.4, 0.5) is 10.5 Å². The van der Waals surface area contributed by atoms with Crippen molar-refractivity contribution in [3.8, 4) is 0 Å². The summed E-state index contributed by atoms with van der Waals surface area (Å²) in [6.07, 6.45) is 3.86. The predicted octanol–water partition coefficient (Wildman–Crippen LogP) is 1.77. The van der Waals surface area contributed by atoms with E-state index in [1.807, 2.05) is 6.92 Å². The Morgan fingerprint density at radius 1 is 1.06 bits per heavy atom. The van der Waals surface area contributed by atoms with Gasteiger partial charge in [0, 0.05) is 18.5 Å². The lowest BCUT2D eigenvalue weighted by Gasteiger charge is -2.36. The highest BCUT2D eigenvalue weighted by Crippen LogP contribution is 2.38. The summed E-state index contributed by atoms with van der Waals surface area (Å²) < 4.78 is 0. The van der Waals surface area contributed by atoms with E-state index >= 15 is 0 Å². The number of anilines is 1. The predicted molar refractivity (Wildman–Crippen MR) is 110 cm³/mol. The molecular formula is C22H26N4O5. The summed E-state index contributed by atoms with van der Waals surface area (Å²) in [6.45, 7) is 1.82. The first-order valence-corrected chi connectivity index (χ1v) is 10.7.